The van der Waals surface area contributed by atoms with Crippen LogP contribution in [0.25, 0.3) is 0 Å². The minimum absolute atomic E-state index is 0.744. The van der Waals surface area contributed by atoms with Crippen LogP contribution in [0.4, 0.5) is 5.82 Å². The van der Waals surface area contributed by atoms with Crippen LogP contribution in [-0.4, -0.2) is 14.8 Å². The van der Waals surface area contributed by atoms with Gasteiger partial charge < -0.3 is 5.32 Å². The molecule has 0 saturated heterocycles. The molecule has 0 aliphatic carbocycles. The van der Waals surface area contributed by atoms with Gasteiger partial charge in [-0.2, -0.15) is 5.10 Å². The van der Waals surface area contributed by atoms with Crippen molar-refractivity contribution < 1.29 is 0 Å². The summed E-state index contributed by atoms with van der Waals surface area (Å²) in [5, 5.41) is 7.60. The standard InChI is InChI=1S/C12H15BrN4/c1-8-10(7-17(3)16-8)6-14-12-5-4-11(13)9(2)15-12/h4-5,7H,6H2,1-3H3,(H,14,15). The second-order valence-electron chi connectivity index (χ2n) is 4.03. The number of aromatic nitrogens is 3. The number of hydrogen-bond acceptors (Lipinski definition) is 3. The maximum atomic E-state index is 4.44. The van der Waals surface area contributed by atoms with Gasteiger partial charge in [-0.25, -0.2) is 4.98 Å². The highest BCUT2D eigenvalue weighted by molar-refractivity contribution is 9.10. The summed E-state index contributed by atoms with van der Waals surface area (Å²) >= 11 is 3.44. The summed E-state index contributed by atoms with van der Waals surface area (Å²) in [7, 11) is 1.93. The van der Waals surface area contributed by atoms with Gasteiger partial charge in [-0.3, -0.25) is 4.68 Å². The summed E-state index contributed by atoms with van der Waals surface area (Å²) in [5.41, 5.74) is 3.22. The Balaban J connectivity index is 2.07. The number of nitrogens with zero attached hydrogens (tertiary/aromatic N) is 3. The first-order chi connectivity index (χ1) is 8.06. The molecule has 0 radical (unpaired) electrons. The third-order valence-corrected chi connectivity index (χ3v) is 3.43. The molecule has 4 nitrogen and oxygen atoms in total. The van der Waals surface area contributed by atoms with Crippen LogP contribution in [-0.2, 0) is 13.6 Å². The molecule has 90 valence electrons. The molecular formula is C12H15BrN4. The van der Waals surface area contributed by atoms with E-state index in [0.717, 1.165) is 28.2 Å². The van der Waals surface area contributed by atoms with Crippen LogP contribution in [0.1, 0.15) is 17.0 Å². The van der Waals surface area contributed by atoms with Crippen LogP contribution in [0, 0.1) is 13.8 Å². The Labute approximate surface area is 109 Å². The van der Waals surface area contributed by atoms with Gasteiger partial charge in [0.1, 0.15) is 5.82 Å². The number of pyridine rings is 1. The molecule has 0 aliphatic heterocycles. The summed E-state index contributed by atoms with van der Waals surface area (Å²) in [6, 6.07) is 3.96. The lowest BCUT2D eigenvalue weighted by Gasteiger charge is -2.06. The highest BCUT2D eigenvalue weighted by atomic mass is 79.9. The van der Waals surface area contributed by atoms with Gasteiger partial charge in [-0.1, -0.05) is 0 Å². The smallest absolute Gasteiger partial charge is 0.126 e. The van der Waals surface area contributed by atoms with Gasteiger partial charge >= 0.3 is 0 Å². The molecule has 0 saturated carbocycles. The maximum absolute atomic E-state index is 4.44. The Kier molecular flexibility index (Phi) is 3.47. The molecule has 0 aromatic carbocycles. The second-order valence-corrected chi connectivity index (χ2v) is 4.89. The van der Waals surface area contributed by atoms with E-state index in [9.17, 15) is 0 Å². The summed E-state index contributed by atoms with van der Waals surface area (Å²) < 4.78 is 2.85. The van der Waals surface area contributed by atoms with Gasteiger partial charge in [-0.15, -0.1) is 0 Å². The zero-order valence-electron chi connectivity index (χ0n) is 10.2. The van der Waals surface area contributed by atoms with E-state index in [2.05, 4.69) is 31.3 Å². The fourth-order valence-electron chi connectivity index (χ4n) is 1.65. The molecule has 0 spiro atoms. The van der Waals surface area contributed by atoms with E-state index in [-0.39, 0.29) is 0 Å². The molecule has 5 heteroatoms. The minimum Gasteiger partial charge on any atom is -0.366 e. The van der Waals surface area contributed by atoms with Gasteiger partial charge in [0.05, 0.1) is 11.4 Å². The fraction of sp³-hybridized carbons (Fsp3) is 0.333. The normalized spacial score (nSPS) is 10.6. The van der Waals surface area contributed by atoms with Gasteiger partial charge in [0.15, 0.2) is 0 Å². The number of hydrogen-bond donors (Lipinski definition) is 1. The Morgan fingerprint density at radius 3 is 2.65 bits per heavy atom. The van der Waals surface area contributed by atoms with E-state index in [1.165, 1.54) is 5.56 Å². The Morgan fingerprint density at radius 2 is 2.06 bits per heavy atom. The Hall–Kier alpha value is -1.36. The summed E-state index contributed by atoms with van der Waals surface area (Å²) in [6.07, 6.45) is 2.02. The van der Waals surface area contributed by atoms with E-state index in [4.69, 9.17) is 0 Å². The third-order valence-electron chi connectivity index (χ3n) is 2.60. The topological polar surface area (TPSA) is 42.7 Å². The molecule has 0 atom stereocenters. The van der Waals surface area contributed by atoms with Crippen LogP contribution in [0.15, 0.2) is 22.8 Å². The number of aryl methyl sites for hydroxylation is 3. The van der Waals surface area contributed by atoms with E-state index < -0.39 is 0 Å². The van der Waals surface area contributed by atoms with Crippen LogP contribution < -0.4 is 5.32 Å². The molecule has 17 heavy (non-hydrogen) atoms. The predicted octanol–water partition coefficient (Wildman–Crippen LogP) is 2.81. The first-order valence-corrected chi connectivity index (χ1v) is 6.21. The summed E-state index contributed by atoms with van der Waals surface area (Å²) in [4.78, 5) is 4.44. The van der Waals surface area contributed by atoms with Crippen LogP contribution in [0.5, 0.6) is 0 Å². The molecule has 0 aliphatic rings. The zero-order valence-corrected chi connectivity index (χ0v) is 11.7. The molecule has 2 rings (SSSR count). The Morgan fingerprint density at radius 1 is 1.29 bits per heavy atom. The number of anilines is 1. The highest BCUT2D eigenvalue weighted by Crippen LogP contribution is 2.17. The van der Waals surface area contributed by atoms with Crippen molar-refractivity contribution in [2.75, 3.05) is 5.32 Å². The van der Waals surface area contributed by atoms with E-state index in [1.807, 2.05) is 43.9 Å². The van der Waals surface area contributed by atoms with Crippen molar-refractivity contribution >= 4 is 21.7 Å². The monoisotopic (exact) mass is 294 g/mol. The van der Waals surface area contributed by atoms with E-state index in [0.29, 0.717) is 0 Å². The van der Waals surface area contributed by atoms with Crippen LogP contribution in [0.3, 0.4) is 0 Å². The number of rotatable bonds is 3. The van der Waals surface area contributed by atoms with Gasteiger partial charge in [0.2, 0.25) is 0 Å². The maximum Gasteiger partial charge on any atom is 0.126 e. The van der Waals surface area contributed by atoms with Gasteiger partial charge in [0.25, 0.3) is 0 Å². The van der Waals surface area contributed by atoms with Crippen molar-refractivity contribution in [3.63, 3.8) is 0 Å². The lowest BCUT2D eigenvalue weighted by molar-refractivity contribution is 0.756. The molecule has 2 aromatic heterocycles. The quantitative estimate of drug-likeness (QED) is 0.947. The van der Waals surface area contributed by atoms with Crippen LogP contribution in [0.2, 0.25) is 0 Å². The van der Waals surface area contributed by atoms with E-state index >= 15 is 0 Å². The third kappa shape index (κ3) is 2.85. The average molecular weight is 295 g/mol. The molecule has 0 amide bonds. The zero-order chi connectivity index (χ0) is 12.4. The van der Waals surface area contributed by atoms with Crippen molar-refractivity contribution in [2.45, 2.75) is 20.4 Å². The molecule has 2 heterocycles. The summed E-state index contributed by atoms with van der Waals surface area (Å²) in [5.74, 6) is 0.883. The van der Waals surface area contributed by atoms with Crippen molar-refractivity contribution in [3.8, 4) is 0 Å². The predicted molar refractivity (Wildman–Crippen MR) is 71.9 cm³/mol. The Bertz CT molecular complexity index is 533. The van der Waals surface area contributed by atoms with Gasteiger partial charge in [-0.05, 0) is 41.9 Å². The van der Waals surface area contributed by atoms with Gasteiger partial charge in [0, 0.05) is 29.8 Å². The average Bonchev–Trinajstić information content (AvgIpc) is 2.59. The largest absolute Gasteiger partial charge is 0.366 e. The van der Waals surface area contributed by atoms with Crippen LogP contribution >= 0.6 is 15.9 Å². The highest BCUT2D eigenvalue weighted by Gasteiger charge is 2.03. The first-order valence-electron chi connectivity index (χ1n) is 5.42. The molecule has 1 N–H and O–H groups in total. The lowest BCUT2D eigenvalue weighted by atomic mass is 10.2. The SMILES string of the molecule is Cc1nc(NCc2cn(C)nc2C)ccc1Br. The molecule has 0 unspecified atom stereocenters. The van der Waals surface area contributed by atoms with E-state index in [1.54, 1.807) is 0 Å². The first kappa shape index (κ1) is 12.1. The minimum atomic E-state index is 0.744. The second kappa shape index (κ2) is 4.87. The van der Waals surface area contributed by atoms with Crippen molar-refractivity contribution in [1.29, 1.82) is 0 Å². The fourth-order valence-corrected chi connectivity index (χ4v) is 1.87. The molecular weight excluding hydrogens is 280 g/mol. The number of nitrogens with one attached hydrogen (secondary N) is 1. The molecule has 2 aromatic rings. The molecule has 0 fully saturated rings. The van der Waals surface area contributed by atoms with Crippen molar-refractivity contribution in [1.82, 2.24) is 14.8 Å². The molecule has 0 bridgehead atoms. The van der Waals surface area contributed by atoms with Crippen molar-refractivity contribution in [2.24, 2.45) is 7.05 Å². The summed E-state index contributed by atoms with van der Waals surface area (Å²) in [6.45, 7) is 4.73. The lowest BCUT2D eigenvalue weighted by Crippen LogP contribution is -2.02. The van der Waals surface area contributed by atoms with Crippen molar-refractivity contribution in [3.05, 3.63) is 39.8 Å². The number of halogens is 1.